The van der Waals surface area contributed by atoms with Crippen LogP contribution in [-0.2, 0) is 0 Å². The van der Waals surface area contributed by atoms with Crippen molar-refractivity contribution < 1.29 is 4.39 Å². The summed E-state index contributed by atoms with van der Waals surface area (Å²) >= 11 is 3.14. The van der Waals surface area contributed by atoms with E-state index in [2.05, 4.69) is 25.9 Å². The Hall–Kier alpha value is -2.21. The minimum Gasteiger partial charge on any atom is -0.383 e. The standard InChI is InChI=1S/C14H10BrFN4/c15-11-4-3-9(6-12(11)16)20-8-18-7-13(20)10-2-1-5-19-14(10)17/h1-8H,(H2,17,19). The average molecular weight is 333 g/mol. The minimum absolute atomic E-state index is 0.332. The maximum Gasteiger partial charge on any atom is 0.139 e. The van der Waals surface area contributed by atoms with E-state index in [1.807, 2.05) is 6.07 Å². The molecule has 100 valence electrons. The van der Waals surface area contributed by atoms with Gasteiger partial charge in [-0.1, -0.05) is 0 Å². The Kier molecular flexibility index (Phi) is 3.23. The number of pyridine rings is 1. The Morgan fingerprint density at radius 3 is 2.85 bits per heavy atom. The summed E-state index contributed by atoms with van der Waals surface area (Å²) < 4.78 is 15.9. The van der Waals surface area contributed by atoms with E-state index in [4.69, 9.17) is 5.73 Å². The van der Waals surface area contributed by atoms with E-state index in [0.29, 0.717) is 16.0 Å². The molecule has 1 aromatic carbocycles. The lowest BCUT2D eigenvalue weighted by atomic mass is 10.2. The van der Waals surface area contributed by atoms with Crippen molar-refractivity contribution >= 4 is 21.7 Å². The van der Waals surface area contributed by atoms with Crippen molar-refractivity contribution in [3.8, 4) is 16.9 Å². The molecule has 0 aliphatic heterocycles. The summed E-state index contributed by atoms with van der Waals surface area (Å²) in [6, 6.07) is 8.53. The average Bonchev–Trinajstić information content (AvgIpc) is 2.91. The Labute approximate surface area is 123 Å². The second-order valence-electron chi connectivity index (χ2n) is 4.18. The van der Waals surface area contributed by atoms with Gasteiger partial charge in [0.15, 0.2) is 0 Å². The molecule has 0 aliphatic rings. The summed E-state index contributed by atoms with van der Waals surface area (Å²) in [6.07, 6.45) is 4.91. The lowest BCUT2D eigenvalue weighted by Gasteiger charge is -2.10. The Morgan fingerprint density at radius 2 is 2.10 bits per heavy atom. The number of benzene rings is 1. The summed E-state index contributed by atoms with van der Waals surface area (Å²) in [5.74, 6) is 0.0770. The SMILES string of the molecule is Nc1ncccc1-c1cncn1-c1ccc(Br)c(F)c1. The normalized spacial score (nSPS) is 10.7. The Bertz CT molecular complexity index is 769. The fourth-order valence-electron chi connectivity index (χ4n) is 1.97. The number of hydrogen-bond donors (Lipinski definition) is 1. The minimum atomic E-state index is -0.332. The lowest BCUT2D eigenvalue weighted by Crippen LogP contribution is -1.99. The number of rotatable bonds is 2. The van der Waals surface area contributed by atoms with Crippen molar-refractivity contribution in [2.75, 3.05) is 5.73 Å². The molecule has 0 atom stereocenters. The number of nitrogens with two attached hydrogens (primary N) is 1. The van der Waals surface area contributed by atoms with Crippen LogP contribution in [0.4, 0.5) is 10.2 Å². The third kappa shape index (κ3) is 2.18. The highest BCUT2D eigenvalue weighted by molar-refractivity contribution is 9.10. The highest BCUT2D eigenvalue weighted by Gasteiger charge is 2.11. The molecule has 6 heteroatoms. The molecule has 0 unspecified atom stereocenters. The van der Waals surface area contributed by atoms with Gasteiger partial charge < -0.3 is 5.73 Å². The number of anilines is 1. The summed E-state index contributed by atoms with van der Waals surface area (Å²) in [5, 5.41) is 0. The number of nitrogen functional groups attached to an aromatic ring is 1. The van der Waals surface area contributed by atoms with Gasteiger partial charge in [-0.25, -0.2) is 14.4 Å². The first-order valence-corrected chi connectivity index (χ1v) is 6.65. The molecular formula is C14H10BrFN4. The summed E-state index contributed by atoms with van der Waals surface area (Å²) in [6.45, 7) is 0. The van der Waals surface area contributed by atoms with E-state index in [1.54, 1.807) is 41.5 Å². The first-order chi connectivity index (χ1) is 9.66. The highest BCUT2D eigenvalue weighted by atomic mass is 79.9. The molecule has 0 radical (unpaired) electrons. The molecule has 0 spiro atoms. The Morgan fingerprint density at radius 1 is 1.25 bits per heavy atom. The highest BCUT2D eigenvalue weighted by Crippen LogP contribution is 2.27. The number of aromatic nitrogens is 3. The van der Waals surface area contributed by atoms with Gasteiger partial charge in [0.2, 0.25) is 0 Å². The molecule has 0 bridgehead atoms. The molecule has 0 saturated heterocycles. The maximum atomic E-state index is 13.7. The van der Waals surface area contributed by atoms with Crippen molar-refractivity contribution in [1.29, 1.82) is 0 Å². The van der Waals surface area contributed by atoms with Crippen molar-refractivity contribution in [3.05, 3.63) is 59.3 Å². The van der Waals surface area contributed by atoms with Gasteiger partial charge in [0.1, 0.15) is 11.6 Å². The molecule has 0 aliphatic carbocycles. The molecule has 20 heavy (non-hydrogen) atoms. The fourth-order valence-corrected chi connectivity index (χ4v) is 2.22. The van der Waals surface area contributed by atoms with Gasteiger partial charge >= 0.3 is 0 Å². The predicted molar refractivity (Wildman–Crippen MR) is 78.9 cm³/mol. The van der Waals surface area contributed by atoms with Gasteiger partial charge in [0, 0.05) is 11.8 Å². The van der Waals surface area contributed by atoms with Crippen LogP contribution in [0, 0.1) is 5.82 Å². The molecule has 0 fully saturated rings. The molecular weight excluding hydrogens is 323 g/mol. The Balaban J connectivity index is 2.15. The van der Waals surface area contributed by atoms with Gasteiger partial charge in [-0.05, 0) is 46.3 Å². The monoisotopic (exact) mass is 332 g/mol. The van der Waals surface area contributed by atoms with Crippen LogP contribution in [0.2, 0.25) is 0 Å². The molecule has 2 N–H and O–H groups in total. The third-order valence-corrected chi connectivity index (χ3v) is 3.58. The number of nitrogens with zero attached hydrogens (tertiary/aromatic N) is 3. The molecule has 3 aromatic rings. The van der Waals surface area contributed by atoms with Crippen LogP contribution in [0.1, 0.15) is 0 Å². The first-order valence-electron chi connectivity index (χ1n) is 5.85. The zero-order chi connectivity index (χ0) is 14.1. The van der Waals surface area contributed by atoms with E-state index >= 15 is 0 Å². The van der Waals surface area contributed by atoms with Gasteiger partial charge in [0.05, 0.1) is 28.4 Å². The van der Waals surface area contributed by atoms with E-state index in [1.165, 1.54) is 6.07 Å². The van der Waals surface area contributed by atoms with Crippen molar-refractivity contribution in [1.82, 2.24) is 14.5 Å². The van der Waals surface area contributed by atoms with E-state index in [9.17, 15) is 4.39 Å². The zero-order valence-corrected chi connectivity index (χ0v) is 11.9. The molecule has 0 amide bonds. The first kappa shape index (κ1) is 12.8. The number of halogens is 2. The summed E-state index contributed by atoms with van der Waals surface area (Å²) in [4.78, 5) is 8.17. The molecule has 3 rings (SSSR count). The van der Waals surface area contributed by atoms with Crippen LogP contribution in [0.5, 0.6) is 0 Å². The van der Waals surface area contributed by atoms with Crippen LogP contribution in [0.25, 0.3) is 16.9 Å². The lowest BCUT2D eigenvalue weighted by molar-refractivity contribution is 0.620. The predicted octanol–water partition coefficient (Wildman–Crippen LogP) is 3.42. The van der Waals surface area contributed by atoms with E-state index in [-0.39, 0.29) is 5.82 Å². The molecule has 0 saturated carbocycles. The van der Waals surface area contributed by atoms with E-state index in [0.717, 1.165) is 11.3 Å². The molecule has 2 aromatic heterocycles. The van der Waals surface area contributed by atoms with Crippen molar-refractivity contribution in [2.24, 2.45) is 0 Å². The number of hydrogen-bond acceptors (Lipinski definition) is 3. The van der Waals surface area contributed by atoms with Crippen LogP contribution in [0.15, 0.2) is 53.5 Å². The summed E-state index contributed by atoms with van der Waals surface area (Å²) in [5.41, 5.74) is 8.07. The van der Waals surface area contributed by atoms with Gasteiger partial charge in [0.25, 0.3) is 0 Å². The van der Waals surface area contributed by atoms with Gasteiger partial charge in [-0.2, -0.15) is 0 Å². The second-order valence-corrected chi connectivity index (χ2v) is 5.04. The maximum absolute atomic E-state index is 13.7. The third-order valence-electron chi connectivity index (χ3n) is 2.93. The van der Waals surface area contributed by atoms with Gasteiger partial charge in [-0.3, -0.25) is 4.57 Å². The topological polar surface area (TPSA) is 56.7 Å². The second kappa shape index (κ2) is 5.05. The zero-order valence-electron chi connectivity index (χ0n) is 10.3. The smallest absolute Gasteiger partial charge is 0.139 e. The van der Waals surface area contributed by atoms with Crippen molar-refractivity contribution in [3.63, 3.8) is 0 Å². The van der Waals surface area contributed by atoms with Crippen molar-refractivity contribution in [2.45, 2.75) is 0 Å². The van der Waals surface area contributed by atoms with E-state index < -0.39 is 0 Å². The summed E-state index contributed by atoms with van der Waals surface area (Å²) in [7, 11) is 0. The fraction of sp³-hybridized carbons (Fsp3) is 0. The largest absolute Gasteiger partial charge is 0.383 e. The van der Waals surface area contributed by atoms with Crippen LogP contribution in [-0.4, -0.2) is 14.5 Å². The quantitative estimate of drug-likeness (QED) is 0.782. The van der Waals surface area contributed by atoms with Crippen LogP contribution >= 0.6 is 15.9 Å². The molecule has 4 nitrogen and oxygen atoms in total. The van der Waals surface area contributed by atoms with Gasteiger partial charge in [-0.15, -0.1) is 0 Å². The molecule has 2 heterocycles. The number of imidazole rings is 1. The van der Waals surface area contributed by atoms with Crippen LogP contribution < -0.4 is 5.73 Å². The van der Waals surface area contributed by atoms with Crippen LogP contribution in [0.3, 0.4) is 0 Å².